The molecule has 3 nitrogen and oxygen atoms in total. The van der Waals surface area contributed by atoms with Crippen LogP contribution in [-0.4, -0.2) is 28.5 Å². The van der Waals surface area contributed by atoms with Crippen LogP contribution in [0.1, 0.15) is 19.8 Å². The summed E-state index contributed by atoms with van der Waals surface area (Å²) in [6.07, 6.45) is 0.681. The highest BCUT2D eigenvalue weighted by Gasteiger charge is 2.51. The van der Waals surface area contributed by atoms with E-state index in [0.717, 1.165) is 12.8 Å². The molecule has 1 aliphatic rings. The minimum Gasteiger partial charge on any atom is -0.389 e. The maximum atomic E-state index is 11.5. The van der Waals surface area contributed by atoms with Gasteiger partial charge >= 0.3 is 0 Å². The zero-order valence-electron chi connectivity index (χ0n) is 7.20. The van der Waals surface area contributed by atoms with Crippen molar-refractivity contribution >= 4 is 37.4 Å². The molecule has 1 fully saturated rings. The number of aliphatic hydroxyl groups excluding tert-OH is 1. The molecular formula is C7H12BrClO3S. The Hall–Kier alpha value is 0.680. The van der Waals surface area contributed by atoms with Crippen LogP contribution >= 0.6 is 27.5 Å². The quantitative estimate of drug-likeness (QED) is 0.798. The number of sulfone groups is 1. The normalized spacial score (nSPS) is 25.2. The number of alkyl halides is 2. The van der Waals surface area contributed by atoms with E-state index in [1.165, 1.54) is 6.92 Å². The van der Waals surface area contributed by atoms with Crippen LogP contribution < -0.4 is 0 Å². The van der Waals surface area contributed by atoms with Gasteiger partial charge in [0.15, 0.2) is 9.84 Å². The highest BCUT2D eigenvalue weighted by Crippen LogP contribution is 2.45. The number of hydrogen-bond donors (Lipinski definition) is 1. The van der Waals surface area contributed by atoms with Crippen LogP contribution in [0, 0.1) is 5.92 Å². The first-order valence-electron chi connectivity index (χ1n) is 4.11. The van der Waals surface area contributed by atoms with Crippen molar-refractivity contribution < 1.29 is 13.5 Å². The van der Waals surface area contributed by atoms with Gasteiger partial charge in [-0.05, 0) is 34.7 Å². The van der Waals surface area contributed by atoms with E-state index in [9.17, 15) is 13.5 Å². The molecule has 0 unspecified atom stereocenters. The van der Waals surface area contributed by atoms with Crippen molar-refractivity contribution in [3.63, 3.8) is 0 Å². The second-order valence-corrected chi connectivity index (χ2v) is 8.75. The summed E-state index contributed by atoms with van der Waals surface area (Å²) < 4.78 is 21.2. The summed E-state index contributed by atoms with van der Waals surface area (Å²) in [5, 5.41) is 9.63. The molecule has 13 heavy (non-hydrogen) atoms. The molecule has 0 saturated heterocycles. The van der Waals surface area contributed by atoms with Crippen molar-refractivity contribution in [3.05, 3.63) is 0 Å². The molecule has 2 atom stereocenters. The molecule has 1 N–H and O–H groups in total. The molecule has 78 valence electrons. The van der Waals surface area contributed by atoms with Gasteiger partial charge in [0.1, 0.15) is 6.10 Å². The van der Waals surface area contributed by atoms with Crippen molar-refractivity contribution in [1.29, 1.82) is 0 Å². The fraction of sp³-hybridized carbons (Fsp3) is 1.00. The summed E-state index contributed by atoms with van der Waals surface area (Å²) in [4.78, 5) is 0. The van der Waals surface area contributed by atoms with Crippen LogP contribution in [0.15, 0.2) is 0 Å². The molecule has 0 aliphatic heterocycles. The van der Waals surface area contributed by atoms with Gasteiger partial charge in [0.2, 0.25) is 3.12 Å². The van der Waals surface area contributed by atoms with Gasteiger partial charge in [-0.1, -0.05) is 18.5 Å². The van der Waals surface area contributed by atoms with E-state index >= 15 is 0 Å². The summed E-state index contributed by atoms with van der Waals surface area (Å²) in [6.45, 7) is 1.51. The van der Waals surface area contributed by atoms with Crippen LogP contribution in [0.2, 0.25) is 0 Å². The highest BCUT2D eigenvalue weighted by atomic mass is 79.9. The SMILES string of the molecule is CCS(=O)(=O)[C@](Cl)(Br)[C@@H](O)C1CC1. The molecular weight excluding hydrogens is 279 g/mol. The van der Waals surface area contributed by atoms with E-state index in [4.69, 9.17) is 11.6 Å². The van der Waals surface area contributed by atoms with Crippen molar-refractivity contribution in [1.82, 2.24) is 0 Å². The molecule has 0 bridgehead atoms. The van der Waals surface area contributed by atoms with E-state index in [0.29, 0.717) is 0 Å². The van der Waals surface area contributed by atoms with Crippen LogP contribution in [0.5, 0.6) is 0 Å². The summed E-state index contributed by atoms with van der Waals surface area (Å²) in [5.74, 6) is -0.0517. The van der Waals surface area contributed by atoms with Crippen molar-refractivity contribution in [2.75, 3.05) is 5.75 Å². The van der Waals surface area contributed by atoms with Gasteiger partial charge in [-0.15, -0.1) is 0 Å². The van der Waals surface area contributed by atoms with E-state index in [1.54, 1.807) is 0 Å². The lowest BCUT2D eigenvalue weighted by Gasteiger charge is -2.25. The van der Waals surface area contributed by atoms with Gasteiger partial charge in [0.25, 0.3) is 0 Å². The largest absolute Gasteiger partial charge is 0.389 e. The lowest BCUT2D eigenvalue weighted by atomic mass is 10.3. The van der Waals surface area contributed by atoms with Crippen molar-refractivity contribution in [2.45, 2.75) is 29.0 Å². The molecule has 0 amide bonds. The zero-order chi connectivity index (χ0) is 10.3. The third-order valence-corrected chi connectivity index (χ3v) is 6.92. The van der Waals surface area contributed by atoms with E-state index in [2.05, 4.69) is 15.9 Å². The molecule has 1 aliphatic carbocycles. The molecule has 0 aromatic carbocycles. The predicted molar refractivity (Wildman–Crippen MR) is 55.7 cm³/mol. The second-order valence-electron chi connectivity index (χ2n) is 3.25. The average Bonchev–Trinajstić information content (AvgIpc) is 2.85. The Labute approximate surface area is 91.5 Å². The first kappa shape index (κ1) is 11.8. The molecule has 0 aromatic rings. The summed E-state index contributed by atoms with van der Waals surface area (Å²) >= 11 is 8.69. The van der Waals surface area contributed by atoms with Crippen LogP contribution in [-0.2, 0) is 9.84 Å². The Morgan fingerprint density at radius 2 is 2.15 bits per heavy atom. The topological polar surface area (TPSA) is 54.4 Å². The highest BCUT2D eigenvalue weighted by molar-refractivity contribution is 9.12. The summed E-state index contributed by atoms with van der Waals surface area (Å²) in [6, 6.07) is 0. The van der Waals surface area contributed by atoms with Gasteiger partial charge in [-0.3, -0.25) is 0 Å². The second kappa shape index (κ2) is 3.68. The summed E-state index contributed by atoms with van der Waals surface area (Å²) in [7, 11) is -3.47. The first-order chi connectivity index (χ1) is 5.83. The van der Waals surface area contributed by atoms with Gasteiger partial charge in [0, 0.05) is 0 Å². The molecule has 0 spiro atoms. The van der Waals surface area contributed by atoms with Gasteiger partial charge in [-0.25, -0.2) is 8.42 Å². The fourth-order valence-electron chi connectivity index (χ4n) is 1.06. The van der Waals surface area contributed by atoms with Crippen molar-refractivity contribution in [3.8, 4) is 0 Å². The van der Waals surface area contributed by atoms with Gasteiger partial charge < -0.3 is 5.11 Å². The molecule has 0 heterocycles. The Morgan fingerprint density at radius 3 is 2.46 bits per heavy atom. The Balaban J connectivity index is 2.85. The lowest BCUT2D eigenvalue weighted by molar-refractivity contribution is 0.158. The maximum Gasteiger partial charge on any atom is 0.225 e. The van der Waals surface area contributed by atoms with E-state index in [-0.39, 0.29) is 11.7 Å². The third kappa shape index (κ3) is 2.19. The van der Waals surface area contributed by atoms with E-state index in [1.807, 2.05) is 0 Å². The van der Waals surface area contributed by atoms with Crippen LogP contribution in [0.3, 0.4) is 0 Å². The van der Waals surface area contributed by atoms with Crippen molar-refractivity contribution in [2.24, 2.45) is 5.92 Å². The molecule has 1 saturated carbocycles. The van der Waals surface area contributed by atoms with Gasteiger partial charge in [0.05, 0.1) is 5.75 Å². The third-order valence-electron chi connectivity index (χ3n) is 2.21. The molecule has 6 heteroatoms. The van der Waals surface area contributed by atoms with Gasteiger partial charge in [-0.2, -0.15) is 0 Å². The number of rotatable bonds is 4. The molecule has 0 aromatic heterocycles. The molecule has 1 rings (SSSR count). The Morgan fingerprint density at radius 1 is 1.69 bits per heavy atom. The Bertz CT molecular complexity index is 284. The average molecular weight is 292 g/mol. The number of halogens is 2. The number of hydrogen-bond acceptors (Lipinski definition) is 3. The predicted octanol–water partition coefficient (Wildman–Crippen LogP) is 1.48. The fourth-order valence-corrected chi connectivity index (χ4v) is 3.57. The first-order valence-corrected chi connectivity index (χ1v) is 6.93. The monoisotopic (exact) mass is 290 g/mol. The Kier molecular flexibility index (Phi) is 3.33. The summed E-state index contributed by atoms with van der Waals surface area (Å²) in [5.41, 5.74) is 0. The van der Waals surface area contributed by atoms with E-state index < -0.39 is 19.1 Å². The minimum absolute atomic E-state index is 0.0261. The maximum absolute atomic E-state index is 11.5. The number of aliphatic hydroxyl groups is 1. The minimum atomic E-state index is -3.47. The lowest BCUT2D eigenvalue weighted by Crippen LogP contribution is -2.41. The van der Waals surface area contributed by atoms with Crippen LogP contribution in [0.4, 0.5) is 0 Å². The smallest absolute Gasteiger partial charge is 0.225 e. The molecule has 0 radical (unpaired) electrons. The standard InChI is InChI=1S/C7H12BrClO3S/c1-2-13(11,12)7(8,9)6(10)5-3-4-5/h5-6,10H,2-4H2,1H3/t6-,7-/m0/s1. The van der Waals surface area contributed by atoms with Crippen LogP contribution in [0.25, 0.3) is 0 Å². The zero-order valence-corrected chi connectivity index (χ0v) is 10.4.